The highest BCUT2D eigenvalue weighted by Crippen LogP contribution is 2.29. The van der Waals surface area contributed by atoms with E-state index >= 15 is 0 Å². The summed E-state index contributed by atoms with van der Waals surface area (Å²) in [6.07, 6.45) is 3.19. The van der Waals surface area contributed by atoms with Gasteiger partial charge in [0.2, 0.25) is 0 Å². The van der Waals surface area contributed by atoms with E-state index in [1.807, 2.05) is 0 Å². The van der Waals surface area contributed by atoms with Crippen LogP contribution < -0.4 is 4.90 Å². The van der Waals surface area contributed by atoms with Crippen molar-refractivity contribution in [3.05, 3.63) is 45.9 Å². The maximum atomic E-state index is 12.4. The van der Waals surface area contributed by atoms with Crippen LogP contribution >= 0.6 is 11.3 Å². The summed E-state index contributed by atoms with van der Waals surface area (Å²) in [6.45, 7) is 0.649. The lowest BCUT2D eigenvalue weighted by molar-refractivity contribution is 0.0696. The molecule has 0 spiro atoms. The Labute approximate surface area is 119 Å². The first-order chi connectivity index (χ1) is 9.66. The van der Waals surface area contributed by atoms with Crippen molar-refractivity contribution in [2.24, 2.45) is 0 Å². The quantitative estimate of drug-likeness (QED) is 0.921. The number of anilines is 1. The van der Waals surface area contributed by atoms with Gasteiger partial charge in [0, 0.05) is 12.2 Å². The van der Waals surface area contributed by atoms with Gasteiger partial charge in [-0.2, -0.15) is 0 Å². The number of hydrogen-bond donors (Lipinski definition) is 1. The number of thiazole rings is 1. The van der Waals surface area contributed by atoms with Crippen molar-refractivity contribution < 1.29 is 14.7 Å². The number of carbonyl (C=O) groups is 2. The number of aryl methyl sites for hydroxylation is 1. The van der Waals surface area contributed by atoms with Gasteiger partial charge in [0.05, 0.1) is 17.3 Å². The van der Waals surface area contributed by atoms with Crippen LogP contribution in [0.3, 0.4) is 0 Å². The number of carboxylic acids is 1. The zero-order valence-corrected chi connectivity index (χ0v) is 11.4. The first kappa shape index (κ1) is 12.8. The number of nitrogens with zero attached hydrogens (tertiary/aromatic N) is 2. The van der Waals surface area contributed by atoms with E-state index < -0.39 is 5.97 Å². The fourth-order valence-corrected chi connectivity index (χ4v) is 2.96. The van der Waals surface area contributed by atoms with Crippen molar-refractivity contribution in [3.8, 4) is 0 Å². The molecule has 2 aromatic rings. The maximum absolute atomic E-state index is 12.4. The lowest BCUT2D eigenvalue weighted by Gasteiger charge is -2.29. The van der Waals surface area contributed by atoms with Crippen LogP contribution in [0.2, 0.25) is 0 Å². The van der Waals surface area contributed by atoms with Gasteiger partial charge in [-0.1, -0.05) is 0 Å². The Bertz CT molecular complexity index is 667. The highest BCUT2D eigenvalue weighted by atomic mass is 32.1. The number of hydrogen-bond acceptors (Lipinski definition) is 4. The lowest BCUT2D eigenvalue weighted by atomic mass is 9.99. The first-order valence-corrected chi connectivity index (χ1v) is 7.11. The number of benzene rings is 1. The molecule has 0 fully saturated rings. The number of fused-ring (bicyclic) bond motifs is 1. The molecule has 1 aromatic carbocycles. The molecule has 3 rings (SSSR count). The van der Waals surface area contributed by atoms with Gasteiger partial charge < -0.3 is 10.0 Å². The van der Waals surface area contributed by atoms with E-state index in [4.69, 9.17) is 5.11 Å². The molecular weight excluding hydrogens is 276 g/mol. The Morgan fingerprint density at radius 1 is 1.35 bits per heavy atom. The van der Waals surface area contributed by atoms with Gasteiger partial charge in [0.25, 0.3) is 5.91 Å². The molecule has 2 heterocycles. The summed E-state index contributed by atoms with van der Waals surface area (Å²) < 4.78 is 0. The van der Waals surface area contributed by atoms with E-state index in [2.05, 4.69) is 4.98 Å². The number of carbonyl (C=O) groups excluding carboxylic acids is 1. The van der Waals surface area contributed by atoms with Crippen LogP contribution in [0.1, 0.15) is 32.0 Å². The monoisotopic (exact) mass is 288 g/mol. The normalized spacial score (nSPS) is 13.9. The third-order valence-electron chi connectivity index (χ3n) is 3.33. The molecule has 1 aliphatic rings. The molecule has 102 valence electrons. The second kappa shape index (κ2) is 5.05. The first-order valence-electron chi connectivity index (χ1n) is 6.23. The molecule has 1 aliphatic heterocycles. The summed E-state index contributed by atoms with van der Waals surface area (Å²) in [7, 11) is 0. The minimum Gasteiger partial charge on any atom is -0.478 e. The van der Waals surface area contributed by atoms with Crippen LogP contribution in [0.4, 0.5) is 5.69 Å². The van der Waals surface area contributed by atoms with E-state index in [-0.39, 0.29) is 11.5 Å². The van der Waals surface area contributed by atoms with Crippen LogP contribution in [0.15, 0.2) is 29.9 Å². The van der Waals surface area contributed by atoms with E-state index in [9.17, 15) is 9.59 Å². The molecule has 6 heteroatoms. The molecular formula is C14H12N2O3S. The standard InChI is InChI=1S/C14H12N2O3S/c17-13(12-7-15-8-20-12)16-5-1-2-9-6-10(14(18)19)3-4-11(9)16/h3-4,6-8H,1-2,5H2,(H,18,19). The second-order valence-electron chi connectivity index (χ2n) is 4.57. The molecule has 20 heavy (non-hydrogen) atoms. The average Bonchev–Trinajstić information content (AvgIpc) is 2.99. The van der Waals surface area contributed by atoms with Crippen molar-refractivity contribution in [3.63, 3.8) is 0 Å². The summed E-state index contributed by atoms with van der Waals surface area (Å²) in [4.78, 5) is 29.7. The van der Waals surface area contributed by atoms with Gasteiger partial charge in [-0.3, -0.25) is 9.78 Å². The SMILES string of the molecule is O=C(O)c1ccc2c(c1)CCCN2C(=O)c1cncs1. The van der Waals surface area contributed by atoms with Crippen molar-refractivity contribution in [1.82, 2.24) is 4.98 Å². The van der Waals surface area contributed by atoms with Gasteiger partial charge in [-0.25, -0.2) is 4.79 Å². The number of amides is 1. The van der Waals surface area contributed by atoms with Crippen LogP contribution in [-0.4, -0.2) is 28.5 Å². The van der Waals surface area contributed by atoms with Crippen LogP contribution in [0.5, 0.6) is 0 Å². The minimum atomic E-state index is -0.946. The van der Waals surface area contributed by atoms with Crippen LogP contribution in [-0.2, 0) is 6.42 Å². The molecule has 1 amide bonds. The molecule has 0 saturated carbocycles. The summed E-state index contributed by atoms with van der Waals surface area (Å²) in [5.41, 5.74) is 3.61. The fraction of sp³-hybridized carbons (Fsp3) is 0.214. The largest absolute Gasteiger partial charge is 0.478 e. The van der Waals surface area contributed by atoms with Crippen LogP contribution in [0, 0.1) is 0 Å². The Balaban J connectivity index is 1.98. The van der Waals surface area contributed by atoms with Gasteiger partial charge in [-0.15, -0.1) is 11.3 Å². The third-order valence-corrected chi connectivity index (χ3v) is 4.09. The lowest BCUT2D eigenvalue weighted by Crippen LogP contribution is -2.35. The van der Waals surface area contributed by atoms with E-state index in [0.29, 0.717) is 11.4 Å². The van der Waals surface area contributed by atoms with Crippen molar-refractivity contribution in [2.45, 2.75) is 12.8 Å². The molecule has 0 aliphatic carbocycles. The van der Waals surface area contributed by atoms with Crippen molar-refractivity contribution in [2.75, 3.05) is 11.4 Å². The van der Waals surface area contributed by atoms with E-state index in [0.717, 1.165) is 24.1 Å². The Hall–Kier alpha value is -2.21. The van der Waals surface area contributed by atoms with E-state index in [1.54, 1.807) is 34.8 Å². The molecule has 0 saturated heterocycles. The molecule has 1 aromatic heterocycles. The van der Waals surface area contributed by atoms with E-state index in [1.165, 1.54) is 11.3 Å². The molecule has 0 atom stereocenters. The zero-order valence-electron chi connectivity index (χ0n) is 10.6. The van der Waals surface area contributed by atoms with Crippen molar-refractivity contribution >= 4 is 28.9 Å². The summed E-state index contributed by atoms with van der Waals surface area (Å²) in [5, 5.41) is 9.02. The minimum absolute atomic E-state index is 0.0727. The topological polar surface area (TPSA) is 70.5 Å². The van der Waals surface area contributed by atoms with Gasteiger partial charge in [-0.05, 0) is 36.6 Å². The number of aromatic carboxylic acids is 1. The summed E-state index contributed by atoms with van der Waals surface area (Å²) >= 11 is 1.31. The predicted octanol–water partition coefficient (Wildman–Crippen LogP) is 2.43. The fourth-order valence-electron chi connectivity index (χ4n) is 2.40. The molecule has 0 radical (unpaired) electrons. The maximum Gasteiger partial charge on any atom is 0.335 e. The smallest absolute Gasteiger partial charge is 0.335 e. The predicted molar refractivity (Wildman–Crippen MR) is 75.5 cm³/mol. The van der Waals surface area contributed by atoms with Gasteiger partial charge in [0.15, 0.2) is 0 Å². The number of rotatable bonds is 2. The molecule has 5 nitrogen and oxygen atoms in total. The summed E-state index contributed by atoms with van der Waals surface area (Å²) in [5.74, 6) is -1.02. The summed E-state index contributed by atoms with van der Waals surface area (Å²) in [6, 6.07) is 4.92. The second-order valence-corrected chi connectivity index (χ2v) is 5.46. The third kappa shape index (κ3) is 2.18. The highest BCUT2D eigenvalue weighted by molar-refractivity contribution is 7.11. The van der Waals surface area contributed by atoms with Crippen molar-refractivity contribution in [1.29, 1.82) is 0 Å². The van der Waals surface area contributed by atoms with Gasteiger partial charge >= 0.3 is 5.97 Å². The molecule has 0 unspecified atom stereocenters. The molecule has 1 N–H and O–H groups in total. The number of aromatic nitrogens is 1. The zero-order chi connectivity index (χ0) is 14.1. The Morgan fingerprint density at radius 2 is 2.20 bits per heavy atom. The molecule has 0 bridgehead atoms. The average molecular weight is 288 g/mol. The Kier molecular flexibility index (Phi) is 3.23. The van der Waals surface area contributed by atoms with Crippen LogP contribution in [0.25, 0.3) is 0 Å². The Morgan fingerprint density at radius 3 is 2.90 bits per heavy atom. The highest BCUT2D eigenvalue weighted by Gasteiger charge is 2.25. The number of carboxylic acid groups (broad SMARTS) is 1. The van der Waals surface area contributed by atoms with Gasteiger partial charge in [0.1, 0.15) is 4.88 Å².